The van der Waals surface area contributed by atoms with E-state index in [1.807, 2.05) is 0 Å². The van der Waals surface area contributed by atoms with Crippen LogP contribution in [0, 0.1) is 19.8 Å². The number of ether oxygens (including phenoxy) is 1. The van der Waals surface area contributed by atoms with Gasteiger partial charge in [-0.3, -0.25) is 4.90 Å². The quantitative estimate of drug-likeness (QED) is 0.931. The van der Waals surface area contributed by atoms with E-state index in [0.29, 0.717) is 5.92 Å². The zero-order valence-electron chi connectivity index (χ0n) is 12.6. The molecule has 4 nitrogen and oxygen atoms in total. The van der Waals surface area contributed by atoms with Gasteiger partial charge in [0.15, 0.2) is 0 Å². The van der Waals surface area contributed by atoms with Crippen LogP contribution in [0.2, 0.25) is 0 Å². The van der Waals surface area contributed by atoms with Gasteiger partial charge in [-0.15, -0.1) is 0 Å². The fourth-order valence-electron chi connectivity index (χ4n) is 2.89. The van der Waals surface area contributed by atoms with Gasteiger partial charge in [0.2, 0.25) is 0 Å². The topological polar surface area (TPSA) is 41.2 Å². The van der Waals surface area contributed by atoms with E-state index in [9.17, 15) is 0 Å². The number of imidazole rings is 1. The van der Waals surface area contributed by atoms with Crippen LogP contribution in [0.25, 0.3) is 11.0 Å². The number of aromatic nitrogens is 2. The normalized spacial score (nSPS) is 19.3. The first kappa shape index (κ1) is 13.6. The van der Waals surface area contributed by atoms with Gasteiger partial charge in [0.1, 0.15) is 5.82 Å². The lowest BCUT2D eigenvalue weighted by atomic mass is 10.1. The third-order valence-corrected chi connectivity index (χ3v) is 4.16. The van der Waals surface area contributed by atoms with Crippen LogP contribution >= 0.6 is 0 Å². The summed E-state index contributed by atoms with van der Waals surface area (Å²) in [5.74, 6) is 1.72. The first-order chi connectivity index (χ1) is 9.61. The van der Waals surface area contributed by atoms with Gasteiger partial charge in [-0.25, -0.2) is 4.98 Å². The number of hydrogen-bond acceptors (Lipinski definition) is 3. The van der Waals surface area contributed by atoms with Crippen molar-refractivity contribution in [3.8, 4) is 0 Å². The van der Waals surface area contributed by atoms with E-state index in [1.165, 1.54) is 17.5 Å². The molecule has 1 aliphatic rings. The first-order valence-electron chi connectivity index (χ1n) is 7.34. The van der Waals surface area contributed by atoms with Crippen LogP contribution in [-0.2, 0) is 11.3 Å². The van der Waals surface area contributed by atoms with Gasteiger partial charge in [0, 0.05) is 13.2 Å². The smallest absolute Gasteiger partial charge is 0.121 e. The van der Waals surface area contributed by atoms with Gasteiger partial charge in [-0.1, -0.05) is 0 Å². The summed E-state index contributed by atoms with van der Waals surface area (Å²) in [6.45, 7) is 8.04. The Kier molecular flexibility index (Phi) is 3.76. The molecule has 1 fully saturated rings. The second-order valence-corrected chi connectivity index (χ2v) is 6.06. The van der Waals surface area contributed by atoms with E-state index >= 15 is 0 Å². The Morgan fingerprint density at radius 3 is 2.90 bits per heavy atom. The Hall–Kier alpha value is -1.39. The maximum atomic E-state index is 5.43. The molecule has 1 aliphatic heterocycles. The summed E-state index contributed by atoms with van der Waals surface area (Å²) in [6, 6.07) is 4.35. The molecule has 2 heterocycles. The zero-order chi connectivity index (χ0) is 14.1. The molecule has 1 unspecified atom stereocenters. The average Bonchev–Trinajstić information content (AvgIpc) is 2.99. The number of fused-ring (bicyclic) bond motifs is 1. The van der Waals surface area contributed by atoms with Crippen molar-refractivity contribution in [3.05, 3.63) is 29.1 Å². The highest BCUT2D eigenvalue weighted by molar-refractivity contribution is 5.77. The number of H-pyrrole nitrogens is 1. The van der Waals surface area contributed by atoms with Crippen LogP contribution in [0.3, 0.4) is 0 Å². The van der Waals surface area contributed by atoms with Crippen molar-refractivity contribution in [2.45, 2.75) is 26.8 Å². The van der Waals surface area contributed by atoms with Crippen molar-refractivity contribution < 1.29 is 4.74 Å². The summed E-state index contributed by atoms with van der Waals surface area (Å²) >= 11 is 0. The van der Waals surface area contributed by atoms with Crippen molar-refractivity contribution in [1.82, 2.24) is 14.9 Å². The minimum absolute atomic E-state index is 0.675. The van der Waals surface area contributed by atoms with Gasteiger partial charge < -0.3 is 9.72 Å². The second-order valence-electron chi connectivity index (χ2n) is 6.06. The molecule has 0 amide bonds. The summed E-state index contributed by atoms with van der Waals surface area (Å²) in [5, 5.41) is 0. The van der Waals surface area contributed by atoms with E-state index < -0.39 is 0 Å². The molecule has 0 radical (unpaired) electrons. The molecule has 1 N–H and O–H groups in total. The van der Waals surface area contributed by atoms with Crippen LogP contribution in [0.5, 0.6) is 0 Å². The lowest BCUT2D eigenvalue weighted by Gasteiger charge is -2.18. The molecule has 0 saturated carbocycles. The lowest BCUT2D eigenvalue weighted by molar-refractivity contribution is 0.172. The van der Waals surface area contributed by atoms with Crippen LogP contribution in [0.15, 0.2) is 12.1 Å². The molecule has 3 rings (SSSR count). The van der Waals surface area contributed by atoms with Crippen molar-refractivity contribution in [2.75, 3.05) is 26.8 Å². The number of benzene rings is 1. The SMILES string of the molecule is Cc1cc2nc(CN(C)CC3CCOC3)[nH]c2cc1C. The van der Waals surface area contributed by atoms with Gasteiger partial charge in [0.05, 0.1) is 24.2 Å². The monoisotopic (exact) mass is 273 g/mol. The van der Waals surface area contributed by atoms with Gasteiger partial charge in [-0.2, -0.15) is 0 Å². The van der Waals surface area contributed by atoms with E-state index in [-0.39, 0.29) is 0 Å². The fraction of sp³-hybridized carbons (Fsp3) is 0.562. The van der Waals surface area contributed by atoms with Gasteiger partial charge in [-0.05, 0) is 56.5 Å². The number of aryl methyl sites for hydroxylation is 2. The Labute approximate surface area is 120 Å². The first-order valence-corrected chi connectivity index (χ1v) is 7.34. The average molecular weight is 273 g/mol. The van der Waals surface area contributed by atoms with E-state index in [4.69, 9.17) is 9.72 Å². The highest BCUT2D eigenvalue weighted by Gasteiger charge is 2.18. The summed E-state index contributed by atoms with van der Waals surface area (Å²) in [5.41, 5.74) is 4.82. The highest BCUT2D eigenvalue weighted by Crippen LogP contribution is 2.18. The summed E-state index contributed by atoms with van der Waals surface area (Å²) in [4.78, 5) is 10.5. The second kappa shape index (κ2) is 5.54. The third kappa shape index (κ3) is 2.86. The van der Waals surface area contributed by atoms with Gasteiger partial charge >= 0.3 is 0 Å². The van der Waals surface area contributed by atoms with E-state index in [1.54, 1.807) is 0 Å². The molecule has 0 spiro atoms. The highest BCUT2D eigenvalue weighted by atomic mass is 16.5. The number of nitrogens with one attached hydrogen (secondary N) is 1. The maximum Gasteiger partial charge on any atom is 0.121 e. The molecule has 4 heteroatoms. The molecule has 108 valence electrons. The maximum absolute atomic E-state index is 5.43. The molecule has 0 bridgehead atoms. The van der Waals surface area contributed by atoms with Crippen LogP contribution in [0.1, 0.15) is 23.4 Å². The lowest BCUT2D eigenvalue weighted by Crippen LogP contribution is -2.26. The number of hydrogen-bond donors (Lipinski definition) is 1. The Morgan fingerprint density at radius 1 is 1.35 bits per heavy atom. The molecule has 1 saturated heterocycles. The van der Waals surface area contributed by atoms with Crippen molar-refractivity contribution in [2.24, 2.45) is 5.92 Å². The van der Waals surface area contributed by atoms with E-state index in [0.717, 1.165) is 43.2 Å². The van der Waals surface area contributed by atoms with Crippen molar-refractivity contribution in [1.29, 1.82) is 0 Å². The molecule has 1 aromatic heterocycles. The molecule has 1 aromatic carbocycles. The summed E-state index contributed by atoms with van der Waals surface area (Å²) in [6.07, 6.45) is 1.18. The van der Waals surface area contributed by atoms with Gasteiger partial charge in [0.25, 0.3) is 0 Å². The molecule has 20 heavy (non-hydrogen) atoms. The number of rotatable bonds is 4. The molecule has 2 aromatic rings. The predicted molar refractivity (Wildman–Crippen MR) is 80.8 cm³/mol. The minimum atomic E-state index is 0.675. The Bertz CT molecular complexity index is 560. The standard InChI is InChI=1S/C16H23N3O/c1-11-6-14-15(7-12(11)2)18-16(17-14)9-19(3)8-13-4-5-20-10-13/h6-7,13H,4-5,8-10H2,1-3H3,(H,17,18). The molecule has 0 aliphatic carbocycles. The van der Waals surface area contributed by atoms with Crippen LogP contribution < -0.4 is 0 Å². The van der Waals surface area contributed by atoms with E-state index in [2.05, 4.69) is 42.9 Å². The minimum Gasteiger partial charge on any atom is -0.381 e. The number of nitrogens with zero attached hydrogens (tertiary/aromatic N) is 2. The Morgan fingerprint density at radius 2 is 2.15 bits per heavy atom. The van der Waals surface area contributed by atoms with Crippen molar-refractivity contribution in [3.63, 3.8) is 0 Å². The third-order valence-electron chi connectivity index (χ3n) is 4.16. The number of aromatic amines is 1. The fourth-order valence-corrected chi connectivity index (χ4v) is 2.89. The summed E-state index contributed by atoms with van der Waals surface area (Å²) in [7, 11) is 2.15. The van der Waals surface area contributed by atoms with Crippen LogP contribution in [0.4, 0.5) is 0 Å². The Balaban J connectivity index is 1.70. The molecule has 1 atom stereocenters. The molecular formula is C16H23N3O. The zero-order valence-corrected chi connectivity index (χ0v) is 12.6. The largest absolute Gasteiger partial charge is 0.381 e. The summed E-state index contributed by atoms with van der Waals surface area (Å²) < 4.78 is 5.43. The van der Waals surface area contributed by atoms with Crippen LogP contribution in [-0.4, -0.2) is 41.7 Å². The molecular weight excluding hydrogens is 250 g/mol. The van der Waals surface area contributed by atoms with Crippen molar-refractivity contribution >= 4 is 11.0 Å². The predicted octanol–water partition coefficient (Wildman–Crippen LogP) is 2.65.